The molecule has 2 aromatic rings. The van der Waals surface area contributed by atoms with Gasteiger partial charge in [-0.15, -0.1) is 0 Å². The lowest BCUT2D eigenvalue weighted by molar-refractivity contribution is 0.208. The molecule has 0 radical (unpaired) electrons. The number of hydrogen-bond donors (Lipinski definition) is 1. The van der Waals surface area contributed by atoms with E-state index in [-0.39, 0.29) is 6.03 Å². The highest BCUT2D eigenvalue weighted by Crippen LogP contribution is 2.29. The normalized spacial score (nSPS) is 17.0. The van der Waals surface area contributed by atoms with E-state index in [1.54, 1.807) is 4.68 Å². The Labute approximate surface area is 147 Å². The van der Waals surface area contributed by atoms with Crippen molar-refractivity contribution >= 4 is 23.1 Å². The summed E-state index contributed by atoms with van der Waals surface area (Å²) >= 11 is 0. The zero-order chi connectivity index (χ0) is 17.4. The third-order valence-corrected chi connectivity index (χ3v) is 5.09. The number of carbonyl (C=O) groups excluding carboxylic acids is 1. The second kappa shape index (κ2) is 6.31. The van der Waals surface area contributed by atoms with Crippen LogP contribution in [0.1, 0.15) is 5.56 Å². The van der Waals surface area contributed by atoms with Crippen molar-refractivity contribution in [1.29, 1.82) is 0 Å². The number of nitrogens with one attached hydrogen (secondary N) is 1. The number of piperazine rings is 1. The van der Waals surface area contributed by atoms with E-state index >= 15 is 0 Å². The van der Waals surface area contributed by atoms with Gasteiger partial charge in [-0.05, 0) is 24.1 Å². The number of anilines is 3. The van der Waals surface area contributed by atoms with Crippen molar-refractivity contribution in [2.75, 3.05) is 54.9 Å². The van der Waals surface area contributed by atoms with Gasteiger partial charge in [0, 0.05) is 64.4 Å². The van der Waals surface area contributed by atoms with Gasteiger partial charge >= 0.3 is 6.03 Å². The summed E-state index contributed by atoms with van der Waals surface area (Å²) in [6.45, 7) is 4.12. The van der Waals surface area contributed by atoms with E-state index in [9.17, 15) is 4.79 Å². The van der Waals surface area contributed by atoms with E-state index in [2.05, 4.69) is 39.4 Å². The molecule has 7 nitrogen and oxygen atoms in total. The lowest BCUT2D eigenvalue weighted by Crippen LogP contribution is -2.50. The number of likely N-dealkylation sites (N-methyl/N-ethyl adjacent to an activating group) is 1. The molecule has 25 heavy (non-hydrogen) atoms. The zero-order valence-corrected chi connectivity index (χ0v) is 14.8. The van der Waals surface area contributed by atoms with E-state index in [4.69, 9.17) is 0 Å². The highest BCUT2D eigenvalue weighted by Gasteiger charge is 2.23. The molecule has 4 rings (SSSR count). The number of fused-ring (bicyclic) bond motifs is 1. The minimum absolute atomic E-state index is 0.0218. The third kappa shape index (κ3) is 3.14. The Balaban J connectivity index is 1.36. The maximum absolute atomic E-state index is 12.6. The Morgan fingerprint density at radius 1 is 1.12 bits per heavy atom. The molecule has 2 amide bonds. The predicted octanol–water partition coefficient (Wildman–Crippen LogP) is 1.77. The topological polar surface area (TPSA) is 56.6 Å². The van der Waals surface area contributed by atoms with Crippen LogP contribution in [-0.2, 0) is 13.5 Å². The van der Waals surface area contributed by atoms with Crippen molar-refractivity contribution in [3.8, 4) is 0 Å². The van der Waals surface area contributed by atoms with Crippen LogP contribution < -0.4 is 15.1 Å². The van der Waals surface area contributed by atoms with Crippen LogP contribution in [0.15, 0.2) is 30.6 Å². The molecule has 0 saturated carbocycles. The molecule has 132 valence electrons. The van der Waals surface area contributed by atoms with Crippen molar-refractivity contribution in [1.82, 2.24) is 14.7 Å². The van der Waals surface area contributed by atoms with Crippen LogP contribution in [0.5, 0.6) is 0 Å². The molecule has 1 saturated heterocycles. The van der Waals surface area contributed by atoms with E-state index in [1.165, 1.54) is 11.3 Å². The number of hydrogen-bond acceptors (Lipinski definition) is 4. The van der Waals surface area contributed by atoms with Crippen molar-refractivity contribution in [3.63, 3.8) is 0 Å². The lowest BCUT2D eigenvalue weighted by Gasteiger charge is -2.35. The number of carbonyl (C=O) groups is 1. The molecule has 3 heterocycles. The summed E-state index contributed by atoms with van der Waals surface area (Å²) in [6.07, 6.45) is 4.96. The SMILES string of the molecule is CN1CCc2ccc(NC(=O)N3CCN(c4cnn(C)c4)CC3)cc21. The Morgan fingerprint density at radius 3 is 2.64 bits per heavy atom. The molecular weight excluding hydrogens is 316 g/mol. The predicted molar refractivity (Wildman–Crippen MR) is 99.4 cm³/mol. The molecule has 1 aromatic heterocycles. The highest BCUT2D eigenvalue weighted by atomic mass is 16.2. The Bertz CT molecular complexity index is 778. The number of amides is 2. The molecule has 0 bridgehead atoms. The van der Waals surface area contributed by atoms with E-state index in [0.717, 1.165) is 37.4 Å². The van der Waals surface area contributed by atoms with Gasteiger partial charge in [0.25, 0.3) is 0 Å². The van der Waals surface area contributed by atoms with Gasteiger partial charge in [-0.1, -0.05) is 6.07 Å². The van der Waals surface area contributed by atoms with Crippen molar-refractivity contribution < 1.29 is 4.79 Å². The van der Waals surface area contributed by atoms with Gasteiger partial charge in [-0.2, -0.15) is 5.10 Å². The van der Waals surface area contributed by atoms with Crippen LogP contribution in [0, 0.1) is 0 Å². The summed E-state index contributed by atoms with van der Waals surface area (Å²) < 4.78 is 1.80. The first-order valence-electron chi connectivity index (χ1n) is 8.74. The van der Waals surface area contributed by atoms with Gasteiger partial charge in [0.1, 0.15) is 0 Å². The minimum Gasteiger partial charge on any atom is -0.374 e. The highest BCUT2D eigenvalue weighted by molar-refractivity contribution is 5.90. The summed E-state index contributed by atoms with van der Waals surface area (Å²) in [6, 6.07) is 6.18. The van der Waals surface area contributed by atoms with Crippen LogP contribution in [0.3, 0.4) is 0 Å². The smallest absolute Gasteiger partial charge is 0.321 e. The van der Waals surface area contributed by atoms with Gasteiger partial charge in [-0.25, -0.2) is 4.79 Å². The first-order chi connectivity index (χ1) is 12.1. The van der Waals surface area contributed by atoms with Crippen molar-refractivity contribution in [3.05, 3.63) is 36.2 Å². The molecule has 2 aliphatic heterocycles. The van der Waals surface area contributed by atoms with Crippen LogP contribution in [0.2, 0.25) is 0 Å². The second-order valence-electron chi connectivity index (χ2n) is 6.79. The van der Waals surface area contributed by atoms with E-state index < -0.39 is 0 Å². The maximum Gasteiger partial charge on any atom is 0.321 e. The summed E-state index contributed by atoms with van der Waals surface area (Å²) in [4.78, 5) is 18.9. The minimum atomic E-state index is -0.0218. The molecular formula is C18H24N6O. The Morgan fingerprint density at radius 2 is 1.92 bits per heavy atom. The fourth-order valence-electron chi connectivity index (χ4n) is 3.56. The quantitative estimate of drug-likeness (QED) is 0.905. The summed E-state index contributed by atoms with van der Waals surface area (Å²) in [7, 11) is 4.01. The Hall–Kier alpha value is -2.70. The van der Waals surface area contributed by atoms with Crippen molar-refractivity contribution in [2.24, 2.45) is 7.05 Å². The summed E-state index contributed by atoms with van der Waals surface area (Å²) in [5, 5.41) is 7.26. The zero-order valence-electron chi connectivity index (χ0n) is 14.8. The molecule has 0 spiro atoms. The second-order valence-corrected chi connectivity index (χ2v) is 6.79. The van der Waals surface area contributed by atoms with Gasteiger partial charge < -0.3 is 20.0 Å². The van der Waals surface area contributed by atoms with Gasteiger partial charge in [0.05, 0.1) is 11.9 Å². The summed E-state index contributed by atoms with van der Waals surface area (Å²) in [5.74, 6) is 0. The van der Waals surface area contributed by atoms with E-state index in [0.29, 0.717) is 13.1 Å². The molecule has 0 unspecified atom stereocenters. The molecule has 2 aliphatic rings. The van der Waals surface area contributed by atoms with Crippen molar-refractivity contribution in [2.45, 2.75) is 6.42 Å². The van der Waals surface area contributed by atoms with Gasteiger partial charge in [0.15, 0.2) is 0 Å². The average molecular weight is 340 g/mol. The number of nitrogens with zero attached hydrogens (tertiary/aromatic N) is 5. The number of benzene rings is 1. The monoisotopic (exact) mass is 340 g/mol. The third-order valence-electron chi connectivity index (χ3n) is 5.09. The fraction of sp³-hybridized carbons (Fsp3) is 0.444. The van der Waals surface area contributed by atoms with Gasteiger partial charge in [0.2, 0.25) is 0 Å². The average Bonchev–Trinajstić information content (AvgIpc) is 3.21. The number of aromatic nitrogens is 2. The first-order valence-corrected chi connectivity index (χ1v) is 8.74. The van der Waals surface area contributed by atoms with Crippen LogP contribution >= 0.6 is 0 Å². The fourth-order valence-corrected chi connectivity index (χ4v) is 3.56. The first kappa shape index (κ1) is 15.8. The van der Waals surface area contributed by atoms with Crippen LogP contribution in [0.25, 0.3) is 0 Å². The van der Waals surface area contributed by atoms with Gasteiger partial charge in [-0.3, -0.25) is 4.68 Å². The number of aryl methyl sites for hydroxylation is 1. The van der Waals surface area contributed by atoms with E-state index in [1.807, 2.05) is 30.4 Å². The number of rotatable bonds is 2. The molecule has 1 aromatic carbocycles. The summed E-state index contributed by atoms with van der Waals surface area (Å²) in [5.41, 5.74) is 4.56. The molecule has 1 fully saturated rings. The standard InChI is InChI=1S/C18H24N6O/c1-21-6-5-14-3-4-15(11-17(14)21)20-18(25)24-9-7-23(8-10-24)16-12-19-22(2)13-16/h3-4,11-13H,5-10H2,1-2H3,(H,20,25). The maximum atomic E-state index is 12.6. The molecule has 7 heteroatoms. The molecule has 0 atom stereocenters. The van der Waals surface area contributed by atoms with Crippen LogP contribution in [0.4, 0.5) is 21.9 Å². The van der Waals surface area contributed by atoms with Crippen LogP contribution in [-0.4, -0.2) is 60.5 Å². The number of urea groups is 1. The largest absolute Gasteiger partial charge is 0.374 e. The molecule has 0 aliphatic carbocycles. The Kier molecular flexibility index (Phi) is 3.99. The lowest BCUT2D eigenvalue weighted by atomic mass is 10.1. The molecule has 1 N–H and O–H groups in total.